The van der Waals surface area contributed by atoms with Crippen LogP contribution in [0.4, 0.5) is 4.79 Å². The van der Waals surface area contributed by atoms with Gasteiger partial charge in [0.05, 0.1) is 12.6 Å². The molecule has 0 fully saturated rings. The van der Waals surface area contributed by atoms with Gasteiger partial charge in [-0.1, -0.05) is 20.8 Å². The van der Waals surface area contributed by atoms with Crippen LogP contribution in [0.25, 0.3) is 0 Å². The Hall–Kier alpha value is -1.10. The number of amides is 1. The summed E-state index contributed by atoms with van der Waals surface area (Å²) in [5.74, 6) is -0.393. The molecule has 0 aromatic carbocycles. The largest absolute Gasteiger partial charge is 0.444 e. The van der Waals surface area contributed by atoms with E-state index in [9.17, 15) is 9.59 Å². The molecule has 5 heteroatoms. The predicted octanol–water partition coefficient (Wildman–Crippen LogP) is 2.12. The molecule has 1 amide bonds. The molecule has 0 bridgehead atoms. The molecule has 2 N–H and O–H groups in total. The first-order valence-corrected chi connectivity index (χ1v) is 6.71. The van der Waals surface area contributed by atoms with Gasteiger partial charge < -0.3 is 15.2 Å². The lowest BCUT2D eigenvalue weighted by Gasteiger charge is -2.25. The van der Waals surface area contributed by atoms with Crippen molar-refractivity contribution in [1.29, 1.82) is 0 Å². The first-order valence-electron chi connectivity index (χ1n) is 6.71. The second-order valence-electron chi connectivity index (χ2n) is 6.31. The van der Waals surface area contributed by atoms with Crippen LogP contribution in [0.15, 0.2) is 0 Å². The van der Waals surface area contributed by atoms with Crippen molar-refractivity contribution in [2.75, 3.05) is 6.61 Å². The first kappa shape index (κ1) is 17.9. The molecule has 0 aromatic rings. The van der Waals surface area contributed by atoms with E-state index < -0.39 is 23.7 Å². The van der Waals surface area contributed by atoms with Gasteiger partial charge in [0.15, 0.2) is 5.78 Å². The van der Waals surface area contributed by atoms with E-state index in [1.807, 2.05) is 13.8 Å². The van der Waals surface area contributed by atoms with E-state index in [2.05, 4.69) is 5.32 Å². The minimum atomic E-state index is -0.614. The number of ketones is 1. The molecule has 0 aliphatic rings. The van der Waals surface area contributed by atoms with Crippen molar-refractivity contribution in [3.63, 3.8) is 0 Å². The van der Waals surface area contributed by atoms with Crippen LogP contribution in [-0.4, -0.2) is 35.2 Å². The maximum absolute atomic E-state index is 12.1. The SMILES string of the molecule is CC(C)C[C@H](NC(=O)OC(C)(C)C)C(=O)C(C)CO. The third-order valence-corrected chi connectivity index (χ3v) is 2.50. The van der Waals surface area contributed by atoms with Gasteiger partial charge in [0.2, 0.25) is 0 Å². The van der Waals surface area contributed by atoms with Crippen LogP contribution in [0.3, 0.4) is 0 Å². The molecule has 2 atom stereocenters. The molecule has 112 valence electrons. The summed E-state index contributed by atoms with van der Waals surface area (Å²) in [7, 11) is 0. The highest BCUT2D eigenvalue weighted by molar-refractivity contribution is 5.89. The highest BCUT2D eigenvalue weighted by Gasteiger charge is 2.27. The number of alkyl carbamates (subject to hydrolysis) is 1. The van der Waals surface area contributed by atoms with E-state index in [0.717, 1.165) is 0 Å². The number of hydrogen-bond acceptors (Lipinski definition) is 4. The van der Waals surface area contributed by atoms with Gasteiger partial charge in [0, 0.05) is 5.92 Å². The maximum atomic E-state index is 12.1. The van der Waals surface area contributed by atoms with Gasteiger partial charge in [0.1, 0.15) is 5.60 Å². The lowest BCUT2D eigenvalue weighted by atomic mass is 9.94. The Morgan fingerprint density at radius 3 is 2.11 bits per heavy atom. The quantitative estimate of drug-likeness (QED) is 0.777. The van der Waals surface area contributed by atoms with Gasteiger partial charge in [-0.25, -0.2) is 4.79 Å². The standard InChI is InChI=1S/C14H27NO4/c1-9(2)7-11(12(17)10(3)8-16)15-13(18)19-14(4,5)6/h9-11,16H,7-8H2,1-6H3,(H,15,18)/t10?,11-/m0/s1. The molecule has 0 spiro atoms. The summed E-state index contributed by atoms with van der Waals surface area (Å²) in [5.41, 5.74) is -0.599. The predicted molar refractivity (Wildman–Crippen MR) is 73.9 cm³/mol. The van der Waals surface area contributed by atoms with Gasteiger partial charge >= 0.3 is 6.09 Å². The number of aliphatic hydroxyl groups excluding tert-OH is 1. The molecule has 19 heavy (non-hydrogen) atoms. The highest BCUT2D eigenvalue weighted by Crippen LogP contribution is 2.12. The molecule has 0 saturated carbocycles. The highest BCUT2D eigenvalue weighted by atomic mass is 16.6. The van der Waals surface area contributed by atoms with Crippen LogP contribution >= 0.6 is 0 Å². The van der Waals surface area contributed by atoms with Gasteiger partial charge in [-0.05, 0) is 33.1 Å². The van der Waals surface area contributed by atoms with Crippen molar-refractivity contribution in [1.82, 2.24) is 5.32 Å². The van der Waals surface area contributed by atoms with Crippen molar-refractivity contribution >= 4 is 11.9 Å². The molecule has 0 aliphatic heterocycles. The summed E-state index contributed by atoms with van der Waals surface area (Å²) in [5, 5.41) is 11.6. The van der Waals surface area contributed by atoms with Crippen LogP contribution in [-0.2, 0) is 9.53 Å². The normalized spacial score (nSPS) is 14.9. The summed E-state index contributed by atoms with van der Waals surface area (Å²) in [6, 6.07) is -0.614. The Morgan fingerprint density at radius 2 is 1.74 bits per heavy atom. The van der Waals surface area contributed by atoms with Crippen molar-refractivity contribution in [2.45, 2.75) is 59.6 Å². The molecule has 0 rings (SSSR count). The van der Waals surface area contributed by atoms with Crippen LogP contribution in [0.2, 0.25) is 0 Å². The van der Waals surface area contributed by atoms with E-state index in [-0.39, 0.29) is 18.3 Å². The van der Waals surface area contributed by atoms with E-state index in [1.54, 1.807) is 27.7 Å². The summed E-state index contributed by atoms with van der Waals surface area (Å²) < 4.78 is 5.15. The summed E-state index contributed by atoms with van der Waals surface area (Å²) in [6.45, 7) is 10.7. The maximum Gasteiger partial charge on any atom is 0.408 e. The van der Waals surface area contributed by atoms with Crippen molar-refractivity contribution in [2.24, 2.45) is 11.8 Å². The van der Waals surface area contributed by atoms with Gasteiger partial charge in [0.25, 0.3) is 0 Å². The van der Waals surface area contributed by atoms with Gasteiger partial charge in [-0.2, -0.15) is 0 Å². The Labute approximate surface area is 115 Å². The van der Waals surface area contributed by atoms with E-state index in [4.69, 9.17) is 9.84 Å². The zero-order valence-electron chi connectivity index (χ0n) is 12.8. The zero-order chi connectivity index (χ0) is 15.2. The molecular formula is C14H27NO4. The third-order valence-electron chi connectivity index (χ3n) is 2.50. The Balaban J connectivity index is 4.69. The van der Waals surface area contributed by atoms with Crippen LogP contribution in [0, 0.1) is 11.8 Å². The second kappa shape index (κ2) is 7.48. The fourth-order valence-corrected chi connectivity index (χ4v) is 1.60. The number of aliphatic hydroxyl groups is 1. The second-order valence-corrected chi connectivity index (χ2v) is 6.31. The van der Waals surface area contributed by atoms with E-state index in [0.29, 0.717) is 6.42 Å². The minimum absolute atomic E-state index is 0.165. The summed E-state index contributed by atoms with van der Waals surface area (Å²) in [6.07, 6.45) is -0.0702. The van der Waals surface area contributed by atoms with Crippen LogP contribution in [0.1, 0.15) is 48.0 Å². The van der Waals surface area contributed by atoms with Gasteiger partial charge in [-0.15, -0.1) is 0 Å². The van der Waals surface area contributed by atoms with Crippen LogP contribution in [0.5, 0.6) is 0 Å². The summed E-state index contributed by atoms with van der Waals surface area (Å²) in [4.78, 5) is 23.8. The molecular weight excluding hydrogens is 246 g/mol. The zero-order valence-corrected chi connectivity index (χ0v) is 12.8. The fourth-order valence-electron chi connectivity index (χ4n) is 1.60. The number of carbonyl (C=O) groups is 2. The Kier molecular flexibility index (Phi) is 7.05. The number of nitrogens with one attached hydrogen (secondary N) is 1. The monoisotopic (exact) mass is 273 g/mol. The van der Waals surface area contributed by atoms with E-state index >= 15 is 0 Å². The smallest absolute Gasteiger partial charge is 0.408 e. The molecule has 1 unspecified atom stereocenters. The summed E-state index contributed by atoms with van der Waals surface area (Å²) >= 11 is 0. The van der Waals surface area contributed by atoms with Gasteiger partial charge in [-0.3, -0.25) is 4.79 Å². The lowest BCUT2D eigenvalue weighted by molar-refractivity contribution is -0.126. The topological polar surface area (TPSA) is 75.6 Å². The Bertz CT molecular complexity index is 307. The first-order chi connectivity index (χ1) is 8.56. The number of hydrogen-bond donors (Lipinski definition) is 2. The van der Waals surface area contributed by atoms with Crippen molar-refractivity contribution < 1.29 is 19.4 Å². The molecule has 0 heterocycles. The van der Waals surface area contributed by atoms with Crippen molar-refractivity contribution in [3.05, 3.63) is 0 Å². The number of carbonyl (C=O) groups excluding carboxylic acids is 2. The molecule has 0 radical (unpaired) electrons. The fraction of sp³-hybridized carbons (Fsp3) is 0.857. The Morgan fingerprint density at radius 1 is 1.21 bits per heavy atom. The minimum Gasteiger partial charge on any atom is -0.444 e. The van der Waals surface area contributed by atoms with Crippen LogP contribution < -0.4 is 5.32 Å². The average molecular weight is 273 g/mol. The third kappa shape index (κ3) is 7.82. The molecule has 0 aliphatic carbocycles. The number of ether oxygens (including phenoxy) is 1. The molecule has 0 saturated heterocycles. The van der Waals surface area contributed by atoms with Crippen molar-refractivity contribution in [3.8, 4) is 0 Å². The average Bonchev–Trinajstić information content (AvgIpc) is 2.22. The number of rotatable bonds is 6. The molecule has 0 aromatic heterocycles. The number of Topliss-reactive ketones (excluding diaryl/α,β-unsaturated/α-hetero) is 1. The lowest BCUT2D eigenvalue weighted by Crippen LogP contribution is -2.46. The molecule has 5 nitrogen and oxygen atoms in total. The van der Waals surface area contributed by atoms with E-state index in [1.165, 1.54) is 0 Å².